The molecular formula is C18H19F2N7O2. The zero-order chi connectivity index (χ0) is 20.0. The molecule has 9 nitrogen and oxygen atoms in total. The molecule has 0 aromatic carbocycles. The van der Waals surface area contributed by atoms with Crippen LogP contribution in [0.4, 0.5) is 8.78 Å². The first-order valence-electron chi connectivity index (χ1n) is 9.50. The molecule has 0 spiro atoms. The summed E-state index contributed by atoms with van der Waals surface area (Å²) in [5, 5.41) is 12.0. The molecule has 2 aromatic rings. The predicted octanol–water partition coefficient (Wildman–Crippen LogP) is 0.653. The van der Waals surface area contributed by atoms with Gasteiger partial charge in [0, 0.05) is 30.3 Å². The summed E-state index contributed by atoms with van der Waals surface area (Å²) < 4.78 is 32.4. The lowest BCUT2D eigenvalue weighted by Crippen LogP contribution is -2.53. The molecule has 0 aliphatic carbocycles. The molecule has 2 aromatic heterocycles. The lowest BCUT2D eigenvalue weighted by molar-refractivity contribution is -0.119. The average Bonchev–Trinajstić information content (AvgIpc) is 3.35. The molecule has 2 unspecified atom stereocenters. The number of pyridine rings is 1. The number of hydrogen-bond acceptors (Lipinski definition) is 8. The Hall–Kier alpha value is -2.92. The van der Waals surface area contributed by atoms with Crippen LogP contribution in [0.2, 0.25) is 0 Å². The second-order valence-corrected chi connectivity index (χ2v) is 7.33. The van der Waals surface area contributed by atoms with E-state index in [1.165, 1.54) is 0 Å². The highest BCUT2D eigenvalue weighted by molar-refractivity contribution is 5.89. The van der Waals surface area contributed by atoms with E-state index in [2.05, 4.69) is 31.2 Å². The second kappa shape index (κ2) is 7.16. The molecule has 152 valence electrons. The van der Waals surface area contributed by atoms with E-state index >= 15 is 0 Å². The fourth-order valence-corrected chi connectivity index (χ4v) is 4.11. The summed E-state index contributed by atoms with van der Waals surface area (Å²) in [7, 11) is 0. The highest BCUT2D eigenvalue weighted by Gasteiger charge is 2.44. The van der Waals surface area contributed by atoms with Gasteiger partial charge < -0.3 is 15.2 Å². The van der Waals surface area contributed by atoms with E-state index < -0.39 is 17.8 Å². The minimum absolute atomic E-state index is 0.0628. The van der Waals surface area contributed by atoms with Crippen molar-refractivity contribution in [2.45, 2.75) is 24.9 Å². The summed E-state index contributed by atoms with van der Waals surface area (Å²) >= 11 is 0. The molecule has 0 bridgehead atoms. The van der Waals surface area contributed by atoms with Crippen LogP contribution < -0.4 is 16.1 Å². The van der Waals surface area contributed by atoms with Gasteiger partial charge in [-0.15, -0.1) is 0 Å². The van der Waals surface area contributed by atoms with Crippen LogP contribution in [0.3, 0.4) is 0 Å². The van der Waals surface area contributed by atoms with E-state index in [0.29, 0.717) is 12.6 Å². The first-order chi connectivity index (χ1) is 14.1. The van der Waals surface area contributed by atoms with E-state index in [1.54, 1.807) is 6.08 Å². The lowest BCUT2D eigenvalue weighted by Gasteiger charge is -2.38. The zero-order valence-electron chi connectivity index (χ0n) is 15.4. The quantitative estimate of drug-likeness (QED) is 0.686. The third-order valence-electron chi connectivity index (χ3n) is 5.52. The summed E-state index contributed by atoms with van der Waals surface area (Å²) in [4.78, 5) is 20.3. The van der Waals surface area contributed by atoms with Crippen molar-refractivity contribution in [2.75, 3.05) is 19.6 Å². The second-order valence-electron chi connectivity index (χ2n) is 7.33. The molecule has 2 fully saturated rings. The molecule has 2 saturated heterocycles. The van der Waals surface area contributed by atoms with Gasteiger partial charge in [0.05, 0.1) is 12.1 Å². The first kappa shape index (κ1) is 18.1. The highest BCUT2D eigenvalue weighted by atomic mass is 19.1. The maximum absolute atomic E-state index is 14.0. The number of carbonyl (C=O) groups excluding carboxylic acids is 1. The number of rotatable bonds is 3. The zero-order valence-corrected chi connectivity index (χ0v) is 15.4. The van der Waals surface area contributed by atoms with E-state index in [4.69, 9.17) is 4.52 Å². The fraction of sp³-hybridized carbons (Fsp3) is 0.444. The number of amides is 1. The Balaban J connectivity index is 1.40. The van der Waals surface area contributed by atoms with E-state index in [-0.39, 0.29) is 35.2 Å². The number of allylic oxidation sites excluding steroid dienone is 1. The van der Waals surface area contributed by atoms with Crippen molar-refractivity contribution in [1.82, 2.24) is 36.2 Å². The summed E-state index contributed by atoms with van der Waals surface area (Å²) in [6.07, 6.45) is 4.05. The number of nitrogens with one attached hydrogen (secondary N) is 3. The van der Waals surface area contributed by atoms with E-state index in [0.717, 1.165) is 37.8 Å². The Labute approximate surface area is 164 Å². The molecule has 0 radical (unpaired) electrons. The Kier molecular flexibility index (Phi) is 4.47. The van der Waals surface area contributed by atoms with Gasteiger partial charge in [0.25, 0.3) is 0 Å². The van der Waals surface area contributed by atoms with Crippen molar-refractivity contribution >= 4 is 5.91 Å². The van der Waals surface area contributed by atoms with Crippen LogP contribution in [0, 0.1) is 17.6 Å². The Morgan fingerprint density at radius 3 is 2.86 bits per heavy atom. The molecule has 3 N–H and O–H groups in total. The fourth-order valence-electron chi connectivity index (χ4n) is 4.11. The van der Waals surface area contributed by atoms with Crippen molar-refractivity contribution in [1.29, 1.82) is 0 Å². The normalized spacial score (nSPS) is 25.0. The van der Waals surface area contributed by atoms with Crippen molar-refractivity contribution in [2.24, 2.45) is 5.92 Å². The molecule has 2 atom stereocenters. The monoisotopic (exact) mass is 403 g/mol. The molecule has 5 heterocycles. The van der Waals surface area contributed by atoms with Gasteiger partial charge in [-0.3, -0.25) is 9.80 Å². The standard InChI is InChI=1S/C18H19F2N7O2/c19-10-5-12(20)15(22-7-10)16-25-18(29-26-16)11-8-23-27-13(6-14(28)24-17(11)27)9-1-3-21-4-2-9/h5-7,9,11,17,21,23H,1-4,8H2,(H,24,28). The van der Waals surface area contributed by atoms with Gasteiger partial charge in [-0.1, -0.05) is 5.16 Å². The summed E-state index contributed by atoms with van der Waals surface area (Å²) in [6, 6.07) is 0.717. The molecule has 5 rings (SSSR count). The van der Waals surface area contributed by atoms with Gasteiger partial charge in [-0.25, -0.2) is 19.2 Å². The van der Waals surface area contributed by atoms with Crippen LogP contribution in [0.25, 0.3) is 11.5 Å². The smallest absolute Gasteiger partial charge is 0.247 e. The molecule has 3 aliphatic heterocycles. The van der Waals surface area contributed by atoms with E-state index in [1.807, 2.05) is 5.01 Å². The number of carbonyl (C=O) groups is 1. The van der Waals surface area contributed by atoms with Crippen molar-refractivity contribution in [3.05, 3.63) is 41.6 Å². The number of piperidine rings is 1. The maximum Gasteiger partial charge on any atom is 0.247 e. The van der Waals surface area contributed by atoms with Gasteiger partial charge in [0.2, 0.25) is 17.6 Å². The number of nitrogens with zero attached hydrogens (tertiary/aromatic N) is 4. The van der Waals surface area contributed by atoms with Gasteiger partial charge in [0.15, 0.2) is 5.82 Å². The van der Waals surface area contributed by atoms with Crippen LogP contribution in [-0.4, -0.2) is 51.8 Å². The van der Waals surface area contributed by atoms with Crippen LogP contribution in [-0.2, 0) is 4.79 Å². The largest absolute Gasteiger partial charge is 0.338 e. The molecule has 0 saturated carbocycles. The third kappa shape index (κ3) is 3.25. The topological polar surface area (TPSA) is 108 Å². The molecule has 11 heteroatoms. The van der Waals surface area contributed by atoms with Crippen LogP contribution in [0.1, 0.15) is 24.7 Å². The summed E-state index contributed by atoms with van der Waals surface area (Å²) in [6.45, 7) is 2.29. The van der Waals surface area contributed by atoms with Gasteiger partial charge in [0.1, 0.15) is 17.7 Å². The Morgan fingerprint density at radius 1 is 1.24 bits per heavy atom. The summed E-state index contributed by atoms with van der Waals surface area (Å²) in [5.41, 5.74) is 4.07. The lowest BCUT2D eigenvalue weighted by atomic mass is 9.92. The number of halogens is 2. The van der Waals surface area contributed by atoms with Crippen LogP contribution in [0.5, 0.6) is 0 Å². The minimum atomic E-state index is -0.870. The van der Waals surface area contributed by atoms with Gasteiger partial charge in [-0.2, -0.15) is 4.98 Å². The number of aromatic nitrogens is 3. The molecule has 29 heavy (non-hydrogen) atoms. The third-order valence-corrected chi connectivity index (χ3v) is 5.52. The van der Waals surface area contributed by atoms with Gasteiger partial charge >= 0.3 is 0 Å². The van der Waals surface area contributed by atoms with Crippen molar-refractivity contribution in [3.8, 4) is 11.5 Å². The molecular weight excluding hydrogens is 384 g/mol. The van der Waals surface area contributed by atoms with Crippen LogP contribution in [0.15, 0.2) is 28.6 Å². The highest BCUT2D eigenvalue weighted by Crippen LogP contribution is 2.35. The molecule has 3 aliphatic rings. The SMILES string of the molecule is O=C1C=C(C2CCNCC2)N2NCC(c3nc(-c4ncc(F)cc4F)no3)C2N1. The first-order valence-corrected chi connectivity index (χ1v) is 9.50. The minimum Gasteiger partial charge on any atom is -0.338 e. The van der Waals surface area contributed by atoms with Crippen LogP contribution >= 0.6 is 0 Å². The Morgan fingerprint density at radius 2 is 2.07 bits per heavy atom. The molecule has 1 amide bonds. The average molecular weight is 403 g/mol. The van der Waals surface area contributed by atoms with Crippen molar-refractivity contribution < 1.29 is 18.1 Å². The van der Waals surface area contributed by atoms with Gasteiger partial charge in [-0.05, 0) is 25.9 Å². The maximum atomic E-state index is 14.0. The number of fused-ring (bicyclic) bond motifs is 1. The number of hydrogen-bond donors (Lipinski definition) is 3. The van der Waals surface area contributed by atoms with E-state index in [9.17, 15) is 13.6 Å². The van der Waals surface area contributed by atoms with Crippen molar-refractivity contribution in [3.63, 3.8) is 0 Å². The Bertz CT molecular complexity index is 973. The summed E-state index contributed by atoms with van der Waals surface area (Å²) in [5.74, 6) is -1.68. The predicted molar refractivity (Wildman–Crippen MR) is 95.6 cm³/mol. The number of hydrazine groups is 1.